The minimum atomic E-state index is -4.51. The Labute approximate surface area is 164 Å². The van der Waals surface area contributed by atoms with E-state index >= 15 is 0 Å². The molecule has 3 aliphatic carbocycles. The van der Waals surface area contributed by atoms with Crippen LogP contribution in [0.2, 0.25) is 5.28 Å². The van der Waals surface area contributed by atoms with Gasteiger partial charge in [-0.2, -0.15) is 18.2 Å². The summed E-state index contributed by atoms with van der Waals surface area (Å²) >= 11 is 5.94. The topological polar surface area (TPSA) is 68.5 Å². The number of nitrogens with zero attached hydrogens (tertiary/aromatic N) is 3. The number of ether oxygens (including phenoxy) is 1. The number of rotatable bonds is 4. The van der Waals surface area contributed by atoms with Gasteiger partial charge in [-0.15, -0.1) is 5.10 Å². The smallest absolute Gasteiger partial charge is 0.417 e. The van der Waals surface area contributed by atoms with E-state index in [2.05, 4.69) is 15.4 Å². The predicted octanol–water partition coefficient (Wildman–Crippen LogP) is 4.18. The molecule has 0 aliphatic heterocycles. The van der Waals surface area contributed by atoms with E-state index in [0.717, 1.165) is 42.5 Å². The predicted molar refractivity (Wildman–Crippen MR) is 96.0 cm³/mol. The molecule has 0 aromatic carbocycles. The molecule has 0 amide bonds. The molecule has 1 N–H and O–H groups in total. The number of hydrogen-bond acceptors (Lipinski definition) is 5. The van der Waals surface area contributed by atoms with Crippen molar-refractivity contribution in [3.05, 3.63) is 23.1 Å². The molecule has 152 valence electrons. The Kier molecular flexibility index (Phi) is 4.89. The zero-order chi connectivity index (χ0) is 20.1. The summed E-state index contributed by atoms with van der Waals surface area (Å²) < 4.78 is 45.7. The molecule has 2 aromatic rings. The largest absolute Gasteiger partial charge is 0.466 e. The van der Waals surface area contributed by atoms with E-state index < -0.39 is 11.7 Å². The maximum Gasteiger partial charge on any atom is 0.417 e. The van der Waals surface area contributed by atoms with E-state index in [1.807, 2.05) is 0 Å². The first kappa shape index (κ1) is 19.3. The molecular weight excluding hydrogens is 397 g/mol. The minimum Gasteiger partial charge on any atom is -0.466 e. The average Bonchev–Trinajstić information content (AvgIpc) is 3.07. The summed E-state index contributed by atoms with van der Waals surface area (Å²) in [5, 5.41) is 6.89. The van der Waals surface area contributed by atoms with Gasteiger partial charge in [-0.05, 0) is 62.1 Å². The molecular formula is C18H20ClF3N4O2. The number of alkyl halides is 3. The summed E-state index contributed by atoms with van der Waals surface area (Å²) in [6.45, 7) is 2.05. The van der Waals surface area contributed by atoms with Crippen molar-refractivity contribution in [2.75, 3.05) is 11.9 Å². The molecule has 2 heterocycles. The fraction of sp³-hybridized carbons (Fsp3) is 0.611. The first-order chi connectivity index (χ1) is 13.3. The van der Waals surface area contributed by atoms with Gasteiger partial charge in [0.1, 0.15) is 5.52 Å². The Balaban J connectivity index is 1.71. The third kappa shape index (κ3) is 3.40. The fourth-order valence-corrected chi connectivity index (χ4v) is 4.79. The van der Waals surface area contributed by atoms with Crippen LogP contribution in [0, 0.1) is 17.8 Å². The highest BCUT2D eigenvalue weighted by molar-refractivity contribution is 6.28. The molecule has 3 saturated carbocycles. The molecule has 2 atom stereocenters. The summed E-state index contributed by atoms with van der Waals surface area (Å²) in [5.74, 6) is 0.00946. The highest BCUT2D eigenvalue weighted by Crippen LogP contribution is 2.47. The summed E-state index contributed by atoms with van der Waals surface area (Å²) in [4.78, 5) is 16.7. The molecule has 3 aliphatic rings. The highest BCUT2D eigenvalue weighted by atomic mass is 35.5. The molecule has 28 heavy (non-hydrogen) atoms. The first-order valence-electron chi connectivity index (χ1n) is 9.34. The number of nitrogens with one attached hydrogen (secondary N) is 1. The minimum absolute atomic E-state index is 0.167. The Hall–Kier alpha value is -2.03. The maximum atomic E-state index is 13.1. The summed E-state index contributed by atoms with van der Waals surface area (Å²) in [6.07, 6.45) is 0.203. The fourth-order valence-electron chi connectivity index (χ4n) is 4.63. The third-order valence-corrected chi connectivity index (χ3v) is 6.01. The number of aromatic nitrogens is 3. The molecule has 10 heteroatoms. The Bertz CT molecular complexity index is 893. The van der Waals surface area contributed by atoms with Gasteiger partial charge in [-0.3, -0.25) is 4.79 Å². The third-order valence-electron chi connectivity index (χ3n) is 5.85. The lowest BCUT2D eigenvalue weighted by molar-refractivity contribution is -0.154. The van der Waals surface area contributed by atoms with Crippen LogP contribution in [0.25, 0.3) is 5.52 Å². The van der Waals surface area contributed by atoms with Crippen molar-refractivity contribution >= 4 is 28.9 Å². The second-order valence-corrected chi connectivity index (χ2v) is 7.75. The zero-order valence-electron chi connectivity index (χ0n) is 15.2. The van der Waals surface area contributed by atoms with Crippen LogP contribution >= 0.6 is 11.6 Å². The van der Waals surface area contributed by atoms with Crippen molar-refractivity contribution in [3.8, 4) is 0 Å². The molecule has 2 aromatic heterocycles. The van der Waals surface area contributed by atoms with E-state index in [0.29, 0.717) is 0 Å². The number of carbonyl (C=O) groups excluding carboxylic acids is 1. The van der Waals surface area contributed by atoms with Crippen LogP contribution in [0.15, 0.2) is 12.3 Å². The lowest BCUT2D eigenvalue weighted by Gasteiger charge is -2.47. The Morgan fingerprint density at radius 1 is 1.32 bits per heavy atom. The van der Waals surface area contributed by atoms with Crippen molar-refractivity contribution in [1.29, 1.82) is 0 Å². The van der Waals surface area contributed by atoms with Crippen molar-refractivity contribution in [1.82, 2.24) is 14.6 Å². The number of hydrogen-bond donors (Lipinski definition) is 1. The number of anilines is 1. The second-order valence-electron chi connectivity index (χ2n) is 7.41. The molecule has 0 spiro atoms. The highest BCUT2D eigenvalue weighted by Gasteiger charge is 2.48. The quantitative estimate of drug-likeness (QED) is 0.757. The number of esters is 1. The monoisotopic (exact) mass is 416 g/mol. The van der Waals surface area contributed by atoms with Crippen molar-refractivity contribution in [3.63, 3.8) is 0 Å². The normalized spacial score (nSPS) is 27.2. The van der Waals surface area contributed by atoms with Crippen LogP contribution in [-0.4, -0.2) is 33.2 Å². The molecule has 2 bridgehead atoms. The van der Waals surface area contributed by atoms with Crippen molar-refractivity contribution in [2.45, 2.75) is 44.8 Å². The first-order valence-corrected chi connectivity index (χ1v) is 9.72. The maximum absolute atomic E-state index is 13.1. The molecule has 3 fully saturated rings. The summed E-state index contributed by atoms with van der Waals surface area (Å²) in [5.41, 5.74) is -0.667. The van der Waals surface area contributed by atoms with Gasteiger partial charge >= 0.3 is 12.1 Å². The van der Waals surface area contributed by atoms with Crippen molar-refractivity contribution < 1.29 is 22.7 Å². The number of halogens is 4. The molecule has 0 saturated heterocycles. The van der Waals surface area contributed by atoms with Crippen molar-refractivity contribution in [2.24, 2.45) is 17.8 Å². The molecule has 1 unspecified atom stereocenters. The van der Waals surface area contributed by atoms with Gasteiger partial charge in [0.25, 0.3) is 0 Å². The van der Waals surface area contributed by atoms with E-state index in [1.165, 1.54) is 0 Å². The van der Waals surface area contributed by atoms with Gasteiger partial charge in [0, 0.05) is 12.2 Å². The van der Waals surface area contributed by atoms with Crippen LogP contribution < -0.4 is 5.32 Å². The average molecular weight is 417 g/mol. The van der Waals surface area contributed by atoms with Gasteiger partial charge in [0.2, 0.25) is 5.28 Å². The second kappa shape index (κ2) is 7.09. The molecule has 0 radical (unpaired) electrons. The standard InChI is InChI=1S/C18H20ClF3N4O2/c1-2-28-16(27)13-9-3-5-10(6-4-9)14(13)23-15-12-7-11(18(20,21)22)8-26(12)25-17(19)24-15/h7-10,13-14H,2-6H2,1H3,(H,23,24,25)/t9-,10+,13-,14?/m0/s1. The van der Waals surface area contributed by atoms with Gasteiger partial charge in [0.15, 0.2) is 5.82 Å². The van der Waals surface area contributed by atoms with E-state index in [9.17, 15) is 18.0 Å². The lowest BCUT2D eigenvalue weighted by Crippen LogP contribution is -2.52. The Morgan fingerprint density at radius 2 is 2.00 bits per heavy atom. The van der Waals surface area contributed by atoms with E-state index in [4.69, 9.17) is 16.3 Å². The van der Waals surface area contributed by atoms with Crippen LogP contribution in [0.4, 0.5) is 19.0 Å². The summed E-state index contributed by atoms with van der Waals surface area (Å²) in [6, 6.07) is 0.726. The zero-order valence-corrected chi connectivity index (χ0v) is 15.9. The number of carbonyl (C=O) groups is 1. The van der Waals surface area contributed by atoms with E-state index in [1.54, 1.807) is 6.92 Å². The number of fused-ring (bicyclic) bond motifs is 4. The van der Waals surface area contributed by atoms with Crippen LogP contribution in [0.3, 0.4) is 0 Å². The van der Waals surface area contributed by atoms with Crippen LogP contribution in [0.5, 0.6) is 0 Å². The van der Waals surface area contributed by atoms with Gasteiger partial charge in [-0.25, -0.2) is 4.52 Å². The van der Waals surface area contributed by atoms with E-state index in [-0.39, 0.29) is 53.0 Å². The van der Waals surface area contributed by atoms with Crippen LogP contribution in [0.1, 0.15) is 38.2 Å². The summed E-state index contributed by atoms with van der Waals surface area (Å²) in [7, 11) is 0. The Morgan fingerprint density at radius 3 is 2.64 bits per heavy atom. The van der Waals surface area contributed by atoms with Gasteiger partial charge in [0.05, 0.1) is 18.1 Å². The lowest BCUT2D eigenvalue weighted by atomic mass is 9.61. The molecule has 6 nitrogen and oxygen atoms in total. The van der Waals surface area contributed by atoms with Gasteiger partial charge in [-0.1, -0.05) is 0 Å². The van der Waals surface area contributed by atoms with Gasteiger partial charge < -0.3 is 10.1 Å². The van der Waals surface area contributed by atoms with Crippen LogP contribution in [-0.2, 0) is 15.7 Å². The molecule has 5 rings (SSSR count). The SMILES string of the molecule is CCOC(=O)[C@@H]1C(Nc2nc(Cl)nn3cc(C(F)(F)F)cc23)[C@H]2CC[C@@H]1CC2.